The molecule has 1 aromatic carbocycles. The summed E-state index contributed by atoms with van der Waals surface area (Å²) in [6.07, 6.45) is 11.1. The Labute approximate surface area is 189 Å². The lowest BCUT2D eigenvalue weighted by molar-refractivity contribution is -0.132. The Kier molecular flexibility index (Phi) is 5.37. The number of benzene rings is 1. The molecule has 5 rings (SSSR count). The van der Waals surface area contributed by atoms with Gasteiger partial charge in [0.1, 0.15) is 0 Å². The van der Waals surface area contributed by atoms with Gasteiger partial charge in [0.2, 0.25) is 0 Å². The minimum absolute atomic E-state index is 0.282. The van der Waals surface area contributed by atoms with Gasteiger partial charge in [-0.15, -0.1) is 0 Å². The first-order valence-electron chi connectivity index (χ1n) is 12.6. The molecule has 3 nitrogen and oxygen atoms in total. The highest BCUT2D eigenvalue weighted by atomic mass is 32.2. The first kappa shape index (κ1) is 21.9. The average molecular weight is 445 g/mol. The van der Waals surface area contributed by atoms with Gasteiger partial charge in [0.15, 0.2) is 0 Å². The highest BCUT2D eigenvalue weighted by molar-refractivity contribution is 7.86. The zero-order chi connectivity index (χ0) is 22.0. The lowest BCUT2D eigenvalue weighted by Gasteiger charge is -2.61. The SMILES string of the molecule is Cc1ccc(S(=O)(=O)OC2(C)CCC3(C)C(CCC4C5CCCC5C(C)CC43)C2)cc1. The van der Waals surface area contributed by atoms with E-state index in [2.05, 4.69) is 13.8 Å². The number of aryl methyl sites for hydroxylation is 1. The molecule has 8 atom stereocenters. The second-order valence-electron chi connectivity index (χ2n) is 12.0. The van der Waals surface area contributed by atoms with Crippen molar-refractivity contribution in [3.63, 3.8) is 0 Å². The van der Waals surface area contributed by atoms with Crippen molar-refractivity contribution in [3.05, 3.63) is 29.8 Å². The Balaban J connectivity index is 1.35. The Bertz CT molecular complexity index is 922. The van der Waals surface area contributed by atoms with E-state index in [1.807, 2.05) is 26.0 Å². The third-order valence-corrected chi connectivity index (χ3v) is 11.6. The Morgan fingerprint density at radius 3 is 2.39 bits per heavy atom. The first-order chi connectivity index (χ1) is 14.6. The average Bonchev–Trinajstić information content (AvgIpc) is 3.20. The molecule has 0 spiro atoms. The minimum Gasteiger partial charge on any atom is -0.260 e. The molecule has 0 aromatic heterocycles. The largest absolute Gasteiger partial charge is 0.297 e. The standard InChI is InChI=1S/C27H40O3S/c1-18-8-11-21(12-9-18)31(28,29)30-26(3)14-15-27(4)20(17-26)10-13-24-23-7-5-6-22(23)19(2)16-25(24)27/h8-9,11-12,19-20,22-25H,5-7,10,13-17H2,1-4H3. The molecule has 0 amide bonds. The van der Waals surface area contributed by atoms with Crippen LogP contribution in [-0.4, -0.2) is 14.0 Å². The van der Waals surface area contributed by atoms with Gasteiger partial charge in [-0.1, -0.05) is 38.0 Å². The summed E-state index contributed by atoms with van der Waals surface area (Å²) in [5.74, 6) is 5.09. The third kappa shape index (κ3) is 3.70. The van der Waals surface area contributed by atoms with Gasteiger partial charge in [0.25, 0.3) is 10.1 Å². The second kappa shape index (κ2) is 7.58. The highest BCUT2D eigenvalue weighted by Crippen LogP contribution is 2.65. The molecule has 8 unspecified atom stereocenters. The van der Waals surface area contributed by atoms with Crippen LogP contribution >= 0.6 is 0 Å². The normalized spacial score (nSPS) is 44.9. The molecule has 1 aromatic rings. The van der Waals surface area contributed by atoms with Crippen LogP contribution in [0.2, 0.25) is 0 Å². The van der Waals surface area contributed by atoms with Gasteiger partial charge in [0.05, 0.1) is 10.5 Å². The first-order valence-corrected chi connectivity index (χ1v) is 14.0. The van der Waals surface area contributed by atoms with Gasteiger partial charge in [-0.2, -0.15) is 8.42 Å². The van der Waals surface area contributed by atoms with Gasteiger partial charge < -0.3 is 0 Å². The van der Waals surface area contributed by atoms with Gasteiger partial charge >= 0.3 is 0 Å². The fourth-order valence-electron chi connectivity index (χ4n) is 8.48. The number of hydrogen-bond donors (Lipinski definition) is 0. The molecular weight excluding hydrogens is 404 g/mol. The van der Waals surface area contributed by atoms with E-state index in [1.165, 1.54) is 38.5 Å². The van der Waals surface area contributed by atoms with Crippen molar-refractivity contribution in [2.75, 3.05) is 0 Å². The monoisotopic (exact) mass is 444 g/mol. The maximum atomic E-state index is 13.0. The van der Waals surface area contributed by atoms with Gasteiger partial charge in [-0.05, 0) is 118 Å². The van der Waals surface area contributed by atoms with Gasteiger partial charge in [0, 0.05) is 0 Å². The molecule has 0 aliphatic heterocycles. The molecule has 0 radical (unpaired) electrons. The fourth-order valence-corrected chi connectivity index (χ4v) is 9.73. The van der Waals surface area contributed by atoms with E-state index in [9.17, 15) is 8.42 Å². The predicted octanol–water partition coefficient (Wildman–Crippen LogP) is 6.75. The van der Waals surface area contributed by atoms with Crippen LogP contribution in [0.1, 0.15) is 84.1 Å². The molecule has 172 valence electrons. The van der Waals surface area contributed by atoms with Crippen LogP contribution in [0.5, 0.6) is 0 Å². The Morgan fingerprint density at radius 2 is 1.65 bits per heavy atom. The molecule has 31 heavy (non-hydrogen) atoms. The quantitative estimate of drug-likeness (QED) is 0.484. The van der Waals surface area contributed by atoms with E-state index in [1.54, 1.807) is 12.1 Å². The Hall–Kier alpha value is -0.870. The molecule has 0 N–H and O–H groups in total. The molecule has 4 aliphatic rings. The lowest BCUT2D eigenvalue weighted by atomic mass is 9.45. The lowest BCUT2D eigenvalue weighted by Crippen LogP contribution is -2.55. The summed E-state index contributed by atoms with van der Waals surface area (Å²) in [6.45, 7) is 9.07. The van der Waals surface area contributed by atoms with E-state index >= 15 is 0 Å². The second-order valence-corrected chi connectivity index (χ2v) is 13.6. The highest BCUT2D eigenvalue weighted by Gasteiger charge is 2.58. The summed E-state index contributed by atoms with van der Waals surface area (Å²) in [7, 11) is -3.74. The van der Waals surface area contributed by atoms with Crippen LogP contribution < -0.4 is 0 Å². The van der Waals surface area contributed by atoms with Crippen molar-refractivity contribution < 1.29 is 12.6 Å². The smallest absolute Gasteiger partial charge is 0.260 e. The molecule has 4 saturated carbocycles. The van der Waals surface area contributed by atoms with E-state index in [0.717, 1.165) is 54.4 Å². The minimum atomic E-state index is -3.74. The zero-order valence-corrected chi connectivity index (χ0v) is 20.6. The summed E-state index contributed by atoms with van der Waals surface area (Å²) in [5.41, 5.74) is 0.819. The molecule has 4 aliphatic carbocycles. The summed E-state index contributed by atoms with van der Waals surface area (Å²) in [4.78, 5) is 0.282. The molecule has 0 saturated heterocycles. The number of fused-ring (bicyclic) bond motifs is 5. The van der Waals surface area contributed by atoms with Crippen LogP contribution in [0, 0.1) is 47.8 Å². The number of hydrogen-bond acceptors (Lipinski definition) is 3. The van der Waals surface area contributed by atoms with Crippen molar-refractivity contribution in [2.24, 2.45) is 40.9 Å². The van der Waals surface area contributed by atoms with Crippen LogP contribution in [0.15, 0.2) is 29.2 Å². The third-order valence-electron chi connectivity index (χ3n) is 10.2. The molecule has 0 heterocycles. The summed E-state index contributed by atoms with van der Waals surface area (Å²) in [5, 5.41) is 0. The summed E-state index contributed by atoms with van der Waals surface area (Å²) in [6, 6.07) is 7.04. The van der Waals surface area contributed by atoms with Crippen LogP contribution in [0.25, 0.3) is 0 Å². The van der Waals surface area contributed by atoms with E-state index in [4.69, 9.17) is 4.18 Å². The van der Waals surface area contributed by atoms with Crippen molar-refractivity contribution in [1.82, 2.24) is 0 Å². The molecule has 4 heteroatoms. The summed E-state index contributed by atoms with van der Waals surface area (Å²) < 4.78 is 32.0. The molecular formula is C27H40O3S. The van der Waals surface area contributed by atoms with E-state index in [0.29, 0.717) is 11.3 Å². The van der Waals surface area contributed by atoms with Crippen LogP contribution in [-0.2, 0) is 14.3 Å². The zero-order valence-electron chi connectivity index (χ0n) is 19.8. The fraction of sp³-hybridized carbons (Fsp3) is 0.778. The maximum absolute atomic E-state index is 13.0. The van der Waals surface area contributed by atoms with Gasteiger partial charge in [-0.3, -0.25) is 4.18 Å². The van der Waals surface area contributed by atoms with Crippen molar-refractivity contribution in [3.8, 4) is 0 Å². The summed E-state index contributed by atoms with van der Waals surface area (Å²) >= 11 is 0. The molecule has 4 fully saturated rings. The van der Waals surface area contributed by atoms with Crippen LogP contribution in [0.4, 0.5) is 0 Å². The maximum Gasteiger partial charge on any atom is 0.297 e. The van der Waals surface area contributed by atoms with Crippen molar-refractivity contribution in [2.45, 2.75) is 96.0 Å². The van der Waals surface area contributed by atoms with Gasteiger partial charge in [-0.25, -0.2) is 0 Å². The topological polar surface area (TPSA) is 43.4 Å². The van der Waals surface area contributed by atoms with Crippen molar-refractivity contribution in [1.29, 1.82) is 0 Å². The van der Waals surface area contributed by atoms with Crippen LogP contribution in [0.3, 0.4) is 0 Å². The molecule has 0 bridgehead atoms. The van der Waals surface area contributed by atoms with E-state index in [-0.39, 0.29) is 4.90 Å². The predicted molar refractivity (Wildman–Crippen MR) is 124 cm³/mol. The van der Waals surface area contributed by atoms with E-state index < -0.39 is 15.7 Å². The Morgan fingerprint density at radius 1 is 0.935 bits per heavy atom. The number of rotatable bonds is 3. The van der Waals surface area contributed by atoms with Crippen molar-refractivity contribution >= 4 is 10.1 Å².